The Labute approximate surface area is 113 Å². The number of likely N-dealkylation sites (N-methyl/N-ethyl adjacent to an activating group) is 1. The largest absolute Gasteiger partial charge is 0.337 e. The first-order valence-corrected chi connectivity index (χ1v) is 6.85. The second-order valence-electron chi connectivity index (χ2n) is 4.64. The number of carbonyl (C=O) groups excluding carboxylic acids is 1. The van der Waals surface area contributed by atoms with E-state index in [2.05, 4.69) is 5.32 Å². The number of hydrogen-bond acceptors (Lipinski definition) is 2. The number of benzene rings is 1. The smallest absolute Gasteiger partial charge is 0.240 e. The fraction of sp³-hybridized carbons (Fsp3) is 0.500. The van der Waals surface area contributed by atoms with Crippen molar-refractivity contribution in [2.45, 2.75) is 32.4 Å². The molecule has 1 atom stereocenters. The minimum absolute atomic E-state index is 0.00366. The van der Waals surface area contributed by atoms with Crippen molar-refractivity contribution in [2.75, 3.05) is 13.1 Å². The highest BCUT2D eigenvalue weighted by Gasteiger charge is 2.27. The molecule has 1 aliphatic rings. The molecule has 4 heteroatoms. The summed E-state index contributed by atoms with van der Waals surface area (Å²) in [5, 5.41) is 3.98. The summed E-state index contributed by atoms with van der Waals surface area (Å²) in [7, 11) is 0. The number of nitrogens with zero attached hydrogens (tertiary/aromatic N) is 1. The maximum Gasteiger partial charge on any atom is 0.240 e. The normalized spacial score (nSPS) is 20.2. The van der Waals surface area contributed by atoms with Crippen LogP contribution in [0.1, 0.15) is 25.3 Å². The van der Waals surface area contributed by atoms with Gasteiger partial charge in [0, 0.05) is 18.1 Å². The zero-order valence-corrected chi connectivity index (χ0v) is 11.4. The predicted molar refractivity (Wildman–Crippen MR) is 73.6 cm³/mol. The van der Waals surface area contributed by atoms with Crippen LogP contribution in [0.15, 0.2) is 24.3 Å². The minimum atomic E-state index is -0.00366. The van der Waals surface area contributed by atoms with Gasteiger partial charge in [0.05, 0.1) is 6.04 Å². The molecular formula is C14H19ClN2O. The van der Waals surface area contributed by atoms with Crippen LogP contribution in [0.2, 0.25) is 5.02 Å². The summed E-state index contributed by atoms with van der Waals surface area (Å²) in [5.74, 6) is 0.220. The lowest BCUT2D eigenvalue weighted by Gasteiger charge is -2.32. The quantitative estimate of drug-likeness (QED) is 0.908. The van der Waals surface area contributed by atoms with E-state index in [1.165, 1.54) is 0 Å². The van der Waals surface area contributed by atoms with Gasteiger partial charge in [0.2, 0.25) is 5.91 Å². The molecule has 1 N–H and O–H groups in total. The zero-order chi connectivity index (χ0) is 13.0. The summed E-state index contributed by atoms with van der Waals surface area (Å²) >= 11 is 5.86. The lowest BCUT2D eigenvalue weighted by molar-refractivity contribution is -0.136. The van der Waals surface area contributed by atoms with Crippen LogP contribution in [-0.4, -0.2) is 29.9 Å². The van der Waals surface area contributed by atoms with E-state index in [1.807, 2.05) is 36.1 Å². The second kappa shape index (κ2) is 6.21. The van der Waals surface area contributed by atoms with Gasteiger partial charge in [-0.1, -0.05) is 30.7 Å². The van der Waals surface area contributed by atoms with E-state index in [-0.39, 0.29) is 11.9 Å². The van der Waals surface area contributed by atoms with Crippen molar-refractivity contribution in [1.82, 2.24) is 10.2 Å². The summed E-state index contributed by atoms with van der Waals surface area (Å²) in [5.41, 5.74) is 1.13. The fourth-order valence-corrected chi connectivity index (χ4v) is 2.47. The molecule has 1 unspecified atom stereocenters. The van der Waals surface area contributed by atoms with Gasteiger partial charge in [0.1, 0.15) is 0 Å². The molecule has 0 bridgehead atoms. The summed E-state index contributed by atoms with van der Waals surface area (Å²) in [4.78, 5) is 14.2. The van der Waals surface area contributed by atoms with Crippen molar-refractivity contribution in [3.05, 3.63) is 34.9 Å². The Balaban J connectivity index is 2.00. The van der Waals surface area contributed by atoms with Crippen molar-refractivity contribution in [3.63, 3.8) is 0 Å². The zero-order valence-electron chi connectivity index (χ0n) is 10.7. The molecule has 0 aromatic heterocycles. The van der Waals surface area contributed by atoms with Gasteiger partial charge in [-0.15, -0.1) is 0 Å². The third-order valence-corrected chi connectivity index (χ3v) is 3.52. The van der Waals surface area contributed by atoms with Crippen molar-refractivity contribution >= 4 is 17.5 Å². The molecule has 1 amide bonds. The standard InChI is InChI=1S/C14H19ClN2O/c1-2-16-13-4-3-9-17(14(13)18)10-11-5-7-12(15)8-6-11/h5-8,13,16H,2-4,9-10H2,1H3. The topological polar surface area (TPSA) is 32.3 Å². The van der Waals surface area contributed by atoms with Crippen molar-refractivity contribution in [1.29, 1.82) is 0 Å². The Hall–Kier alpha value is -1.06. The lowest BCUT2D eigenvalue weighted by Crippen LogP contribution is -2.50. The summed E-state index contributed by atoms with van der Waals surface area (Å²) < 4.78 is 0. The van der Waals surface area contributed by atoms with Gasteiger partial charge in [-0.25, -0.2) is 0 Å². The lowest BCUT2D eigenvalue weighted by atomic mass is 10.0. The molecule has 2 rings (SSSR count). The fourth-order valence-electron chi connectivity index (χ4n) is 2.34. The van der Waals surface area contributed by atoms with Gasteiger partial charge in [-0.05, 0) is 37.1 Å². The van der Waals surface area contributed by atoms with Crippen LogP contribution in [0, 0.1) is 0 Å². The molecule has 1 aromatic carbocycles. The van der Waals surface area contributed by atoms with E-state index < -0.39 is 0 Å². The molecule has 1 heterocycles. The number of hydrogen-bond donors (Lipinski definition) is 1. The van der Waals surface area contributed by atoms with Crippen molar-refractivity contribution < 1.29 is 4.79 Å². The summed E-state index contributed by atoms with van der Waals surface area (Å²) in [6.07, 6.45) is 2.01. The van der Waals surface area contributed by atoms with Crippen LogP contribution in [0.3, 0.4) is 0 Å². The average molecular weight is 267 g/mol. The number of halogens is 1. The maximum absolute atomic E-state index is 12.2. The van der Waals surface area contributed by atoms with Gasteiger partial charge in [0.25, 0.3) is 0 Å². The van der Waals surface area contributed by atoms with E-state index in [0.29, 0.717) is 6.54 Å². The van der Waals surface area contributed by atoms with Crippen LogP contribution in [-0.2, 0) is 11.3 Å². The molecule has 0 radical (unpaired) electrons. The predicted octanol–water partition coefficient (Wildman–Crippen LogP) is 2.44. The summed E-state index contributed by atoms with van der Waals surface area (Å²) in [6.45, 7) is 4.40. The Morgan fingerprint density at radius 1 is 1.39 bits per heavy atom. The molecular weight excluding hydrogens is 248 g/mol. The van der Waals surface area contributed by atoms with Gasteiger partial charge in [0.15, 0.2) is 0 Å². The van der Waals surface area contributed by atoms with Crippen molar-refractivity contribution in [2.24, 2.45) is 0 Å². The van der Waals surface area contributed by atoms with Gasteiger partial charge in [-0.2, -0.15) is 0 Å². The molecule has 1 aliphatic heterocycles. The highest BCUT2D eigenvalue weighted by atomic mass is 35.5. The number of likely N-dealkylation sites (tertiary alicyclic amines) is 1. The van der Waals surface area contributed by atoms with Crippen molar-refractivity contribution in [3.8, 4) is 0 Å². The minimum Gasteiger partial charge on any atom is -0.337 e. The third-order valence-electron chi connectivity index (χ3n) is 3.27. The van der Waals surface area contributed by atoms with Crippen LogP contribution >= 0.6 is 11.6 Å². The Morgan fingerprint density at radius 3 is 2.78 bits per heavy atom. The molecule has 1 fully saturated rings. The van der Waals surface area contributed by atoms with E-state index in [4.69, 9.17) is 11.6 Å². The van der Waals surface area contributed by atoms with E-state index in [0.717, 1.165) is 36.5 Å². The van der Waals surface area contributed by atoms with Crippen LogP contribution in [0.4, 0.5) is 0 Å². The van der Waals surface area contributed by atoms with Gasteiger partial charge < -0.3 is 10.2 Å². The second-order valence-corrected chi connectivity index (χ2v) is 5.08. The molecule has 18 heavy (non-hydrogen) atoms. The highest BCUT2D eigenvalue weighted by molar-refractivity contribution is 6.30. The number of amides is 1. The average Bonchev–Trinajstić information content (AvgIpc) is 2.37. The Kier molecular flexibility index (Phi) is 4.61. The SMILES string of the molecule is CCNC1CCCN(Cc2ccc(Cl)cc2)C1=O. The first-order valence-electron chi connectivity index (χ1n) is 6.47. The van der Waals surface area contributed by atoms with E-state index in [1.54, 1.807) is 0 Å². The molecule has 98 valence electrons. The molecule has 1 saturated heterocycles. The van der Waals surface area contributed by atoms with Crippen LogP contribution in [0.5, 0.6) is 0 Å². The highest BCUT2D eigenvalue weighted by Crippen LogP contribution is 2.16. The Bertz CT molecular complexity index is 403. The number of nitrogens with one attached hydrogen (secondary N) is 1. The molecule has 0 aliphatic carbocycles. The van der Waals surface area contributed by atoms with E-state index in [9.17, 15) is 4.79 Å². The number of carbonyl (C=O) groups is 1. The van der Waals surface area contributed by atoms with Gasteiger partial charge in [-0.3, -0.25) is 4.79 Å². The molecule has 1 aromatic rings. The molecule has 0 spiro atoms. The summed E-state index contributed by atoms with van der Waals surface area (Å²) in [6, 6.07) is 7.69. The Morgan fingerprint density at radius 2 is 2.11 bits per heavy atom. The number of piperidine rings is 1. The molecule has 3 nitrogen and oxygen atoms in total. The van der Waals surface area contributed by atoms with Gasteiger partial charge >= 0.3 is 0 Å². The van der Waals surface area contributed by atoms with E-state index >= 15 is 0 Å². The third kappa shape index (κ3) is 3.24. The number of rotatable bonds is 4. The monoisotopic (exact) mass is 266 g/mol. The van der Waals surface area contributed by atoms with Crippen LogP contribution in [0.25, 0.3) is 0 Å². The molecule has 0 saturated carbocycles. The first kappa shape index (κ1) is 13.4. The first-order chi connectivity index (χ1) is 8.70. The maximum atomic E-state index is 12.2. The van der Waals surface area contributed by atoms with Crippen LogP contribution < -0.4 is 5.32 Å².